The van der Waals surface area contributed by atoms with Crippen LogP contribution in [-0.4, -0.2) is 12.6 Å². The highest BCUT2D eigenvalue weighted by molar-refractivity contribution is 5.28. The van der Waals surface area contributed by atoms with Crippen molar-refractivity contribution in [1.82, 2.24) is 0 Å². The van der Waals surface area contributed by atoms with Crippen LogP contribution in [0.1, 0.15) is 38.7 Å². The molecule has 0 aromatic heterocycles. The Morgan fingerprint density at radius 2 is 2.20 bits per heavy atom. The molecule has 2 N–H and O–H groups in total. The van der Waals surface area contributed by atoms with E-state index in [1.165, 1.54) is 24.8 Å². The van der Waals surface area contributed by atoms with Crippen molar-refractivity contribution in [3.63, 3.8) is 0 Å². The van der Waals surface area contributed by atoms with Gasteiger partial charge < -0.3 is 10.1 Å². The molecule has 1 aromatic rings. The molecule has 2 heteroatoms. The lowest BCUT2D eigenvalue weighted by Crippen LogP contribution is -2.90. The van der Waals surface area contributed by atoms with Crippen molar-refractivity contribution in [3.8, 4) is 5.75 Å². The zero-order valence-electron chi connectivity index (χ0n) is 12.8. The molecule has 1 fully saturated rings. The van der Waals surface area contributed by atoms with E-state index in [9.17, 15) is 0 Å². The van der Waals surface area contributed by atoms with Crippen molar-refractivity contribution >= 4 is 0 Å². The first-order chi connectivity index (χ1) is 9.70. The maximum absolute atomic E-state index is 5.59. The van der Waals surface area contributed by atoms with Crippen molar-refractivity contribution in [3.05, 3.63) is 42.5 Å². The van der Waals surface area contributed by atoms with Crippen LogP contribution in [0.25, 0.3) is 0 Å². The number of hydrogen-bond donors (Lipinski definition) is 1. The second-order valence-electron chi connectivity index (χ2n) is 6.12. The molecular weight excluding hydrogens is 246 g/mol. The van der Waals surface area contributed by atoms with Crippen LogP contribution in [0.3, 0.4) is 0 Å². The standard InChI is InChI=1S/C18H27NO/c1-4-11-20-17-9-6-8-16(12-17)13-19-18-10-5-7-14(2)15(18)3/h4,6,8-9,12,14-15,18-19H,1,5,7,10-11,13H2,2-3H3/p+1/t14-,15-,18-/m1/s1. The van der Waals surface area contributed by atoms with Gasteiger partial charge in [0.05, 0.1) is 6.04 Å². The van der Waals surface area contributed by atoms with Crippen LogP contribution < -0.4 is 10.1 Å². The normalized spacial score (nSPS) is 26.2. The van der Waals surface area contributed by atoms with Gasteiger partial charge in [-0.3, -0.25) is 0 Å². The van der Waals surface area contributed by atoms with E-state index >= 15 is 0 Å². The van der Waals surface area contributed by atoms with Crippen LogP contribution >= 0.6 is 0 Å². The molecule has 0 saturated heterocycles. The number of hydrogen-bond acceptors (Lipinski definition) is 1. The third-order valence-corrected chi connectivity index (χ3v) is 4.69. The Morgan fingerprint density at radius 1 is 1.35 bits per heavy atom. The lowest BCUT2D eigenvalue weighted by molar-refractivity contribution is -0.713. The summed E-state index contributed by atoms with van der Waals surface area (Å²) in [6.45, 7) is 10.1. The van der Waals surface area contributed by atoms with Crippen LogP contribution in [0.4, 0.5) is 0 Å². The van der Waals surface area contributed by atoms with E-state index in [4.69, 9.17) is 4.74 Å². The van der Waals surface area contributed by atoms with Crippen LogP contribution in [0.15, 0.2) is 36.9 Å². The summed E-state index contributed by atoms with van der Waals surface area (Å²) in [7, 11) is 0. The van der Waals surface area contributed by atoms with Crippen molar-refractivity contribution in [1.29, 1.82) is 0 Å². The Bertz CT molecular complexity index is 429. The molecule has 110 valence electrons. The smallest absolute Gasteiger partial charge is 0.120 e. The van der Waals surface area contributed by atoms with E-state index < -0.39 is 0 Å². The summed E-state index contributed by atoms with van der Waals surface area (Å²) in [4.78, 5) is 0. The number of ether oxygens (including phenoxy) is 1. The number of benzene rings is 1. The molecule has 2 nitrogen and oxygen atoms in total. The second kappa shape index (κ2) is 7.49. The number of rotatable bonds is 6. The van der Waals surface area contributed by atoms with Gasteiger partial charge in [0.1, 0.15) is 18.9 Å². The first-order valence-corrected chi connectivity index (χ1v) is 7.86. The summed E-state index contributed by atoms with van der Waals surface area (Å²) in [5.74, 6) is 2.64. The van der Waals surface area contributed by atoms with E-state index in [1.807, 2.05) is 6.07 Å². The minimum absolute atomic E-state index is 0.574. The SMILES string of the molecule is C=CCOc1cccc(C[NH2+][C@@H]2CCC[C@@H](C)[C@H]2C)c1. The van der Waals surface area contributed by atoms with Crippen LogP contribution in [0.5, 0.6) is 5.75 Å². The molecule has 1 aliphatic carbocycles. The molecule has 1 saturated carbocycles. The molecule has 0 bridgehead atoms. The number of nitrogens with two attached hydrogens (primary N) is 1. The van der Waals surface area contributed by atoms with Crippen molar-refractivity contribution in [2.24, 2.45) is 11.8 Å². The summed E-state index contributed by atoms with van der Waals surface area (Å²) in [6, 6.07) is 9.20. The minimum atomic E-state index is 0.574. The lowest BCUT2D eigenvalue weighted by atomic mass is 9.78. The fourth-order valence-corrected chi connectivity index (χ4v) is 3.16. The molecule has 2 rings (SSSR count). The molecule has 1 aromatic carbocycles. The topological polar surface area (TPSA) is 25.8 Å². The highest BCUT2D eigenvalue weighted by Crippen LogP contribution is 2.27. The zero-order chi connectivity index (χ0) is 14.4. The van der Waals surface area contributed by atoms with Crippen molar-refractivity contribution in [2.45, 2.75) is 45.7 Å². The Labute approximate surface area is 123 Å². The van der Waals surface area contributed by atoms with Gasteiger partial charge in [-0.05, 0) is 37.3 Å². The van der Waals surface area contributed by atoms with E-state index in [2.05, 4.69) is 43.9 Å². The molecular formula is C18H28NO+. The predicted octanol–water partition coefficient (Wildman–Crippen LogP) is 3.14. The average molecular weight is 274 g/mol. The largest absolute Gasteiger partial charge is 0.490 e. The molecule has 0 amide bonds. The predicted molar refractivity (Wildman–Crippen MR) is 83.7 cm³/mol. The van der Waals surface area contributed by atoms with Gasteiger partial charge in [0, 0.05) is 11.5 Å². The molecule has 1 aliphatic rings. The van der Waals surface area contributed by atoms with Crippen molar-refractivity contribution < 1.29 is 10.1 Å². The molecule has 0 unspecified atom stereocenters. The molecule has 20 heavy (non-hydrogen) atoms. The van der Waals surface area contributed by atoms with E-state index in [0.29, 0.717) is 6.61 Å². The summed E-state index contributed by atoms with van der Waals surface area (Å²) in [5.41, 5.74) is 1.34. The Hall–Kier alpha value is -1.28. The van der Waals surface area contributed by atoms with E-state index in [1.54, 1.807) is 6.08 Å². The quantitative estimate of drug-likeness (QED) is 0.792. The van der Waals surface area contributed by atoms with Gasteiger partial charge in [-0.2, -0.15) is 0 Å². The molecule has 0 radical (unpaired) electrons. The Morgan fingerprint density at radius 3 is 3.00 bits per heavy atom. The average Bonchev–Trinajstić information content (AvgIpc) is 2.47. The Kier molecular flexibility index (Phi) is 5.66. The van der Waals surface area contributed by atoms with Gasteiger partial charge in [-0.25, -0.2) is 0 Å². The highest BCUT2D eigenvalue weighted by atomic mass is 16.5. The van der Waals surface area contributed by atoms with E-state index in [-0.39, 0.29) is 0 Å². The van der Waals surface area contributed by atoms with Gasteiger partial charge in [0.25, 0.3) is 0 Å². The molecule has 0 heterocycles. The summed E-state index contributed by atoms with van der Waals surface area (Å²) in [5, 5.41) is 2.52. The minimum Gasteiger partial charge on any atom is -0.490 e. The highest BCUT2D eigenvalue weighted by Gasteiger charge is 2.29. The van der Waals surface area contributed by atoms with Crippen molar-refractivity contribution in [2.75, 3.05) is 6.61 Å². The summed E-state index contributed by atoms with van der Waals surface area (Å²) < 4.78 is 5.59. The zero-order valence-corrected chi connectivity index (χ0v) is 12.8. The molecule has 0 spiro atoms. The van der Waals surface area contributed by atoms with Crippen LogP contribution in [0, 0.1) is 11.8 Å². The first-order valence-electron chi connectivity index (χ1n) is 7.86. The fraction of sp³-hybridized carbons (Fsp3) is 0.556. The van der Waals surface area contributed by atoms with Gasteiger partial charge in [0.2, 0.25) is 0 Å². The first kappa shape index (κ1) is 15.1. The van der Waals surface area contributed by atoms with Gasteiger partial charge in [0.15, 0.2) is 0 Å². The Balaban J connectivity index is 1.88. The van der Waals surface area contributed by atoms with Crippen LogP contribution in [-0.2, 0) is 6.54 Å². The van der Waals surface area contributed by atoms with Gasteiger partial charge in [-0.1, -0.05) is 38.6 Å². The fourth-order valence-electron chi connectivity index (χ4n) is 3.16. The molecule has 0 aliphatic heterocycles. The maximum Gasteiger partial charge on any atom is 0.120 e. The summed E-state index contributed by atoms with van der Waals surface area (Å²) in [6.07, 6.45) is 5.92. The number of quaternary nitrogens is 1. The lowest BCUT2D eigenvalue weighted by Gasteiger charge is -2.32. The second-order valence-corrected chi connectivity index (χ2v) is 6.12. The van der Waals surface area contributed by atoms with Gasteiger partial charge in [-0.15, -0.1) is 0 Å². The van der Waals surface area contributed by atoms with E-state index in [0.717, 1.165) is 30.2 Å². The van der Waals surface area contributed by atoms with Crippen LogP contribution in [0.2, 0.25) is 0 Å². The maximum atomic E-state index is 5.59. The van der Waals surface area contributed by atoms with Gasteiger partial charge >= 0.3 is 0 Å². The monoisotopic (exact) mass is 274 g/mol. The third kappa shape index (κ3) is 4.11. The molecule has 3 atom stereocenters. The third-order valence-electron chi connectivity index (χ3n) is 4.69. The summed E-state index contributed by atoms with van der Waals surface area (Å²) >= 11 is 0.